The molecule has 7 heteroatoms. The topological polar surface area (TPSA) is 89.4 Å². The van der Waals surface area contributed by atoms with Gasteiger partial charge < -0.3 is 4.74 Å². The molecule has 0 radical (unpaired) electrons. The van der Waals surface area contributed by atoms with E-state index < -0.39 is 0 Å². The molecule has 0 aliphatic carbocycles. The lowest BCUT2D eigenvalue weighted by Gasteiger charge is -2.11. The number of rotatable bonds is 7. The fraction of sp³-hybridized carbons (Fsp3) is 0.0606. The predicted molar refractivity (Wildman–Crippen MR) is 158 cm³/mol. The number of nitrogens with zero attached hydrogens (tertiary/aromatic N) is 4. The van der Waals surface area contributed by atoms with E-state index in [9.17, 15) is 4.79 Å². The molecule has 0 spiro atoms. The molecule has 0 bridgehead atoms. The van der Waals surface area contributed by atoms with Crippen molar-refractivity contribution < 1.29 is 9.53 Å². The molecular formula is C33H25N5O2. The molecule has 6 rings (SSSR count). The molecule has 0 aliphatic heterocycles. The van der Waals surface area contributed by atoms with Crippen LogP contribution >= 0.6 is 0 Å². The summed E-state index contributed by atoms with van der Waals surface area (Å²) in [5.41, 5.74) is 9.08. The Hall–Kier alpha value is -5.43. The lowest BCUT2D eigenvalue weighted by molar-refractivity contribution is -0.123. The summed E-state index contributed by atoms with van der Waals surface area (Å²) in [5.74, 6) is 0.825. The number of nitrogens with one attached hydrogen (secondary N) is 1. The minimum absolute atomic E-state index is 0.164. The number of ether oxygens (including phenoxy) is 1. The highest BCUT2D eigenvalue weighted by Gasteiger charge is 2.12. The normalized spacial score (nSPS) is 11.2. The van der Waals surface area contributed by atoms with Crippen LogP contribution in [0.1, 0.15) is 11.1 Å². The van der Waals surface area contributed by atoms with Crippen molar-refractivity contribution in [3.05, 3.63) is 120 Å². The second kappa shape index (κ2) is 11.1. The van der Waals surface area contributed by atoms with Crippen molar-refractivity contribution in [1.82, 2.24) is 20.4 Å². The van der Waals surface area contributed by atoms with Crippen LogP contribution in [0.25, 0.3) is 44.5 Å². The average molecular weight is 524 g/mol. The molecule has 0 unspecified atom stereocenters. The van der Waals surface area contributed by atoms with Gasteiger partial charge in [-0.2, -0.15) is 5.10 Å². The summed E-state index contributed by atoms with van der Waals surface area (Å²) < 4.78 is 5.66. The summed E-state index contributed by atoms with van der Waals surface area (Å²) in [5, 5.41) is 6.06. The van der Waals surface area contributed by atoms with E-state index in [0.717, 1.165) is 49.8 Å². The summed E-state index contributed by atoms with van der Waals surface area (Å²) >= 11 is 0. The molecule has 0 saturated heterocycles. The molecule has 2 heterocycles. The summed E-state index contributed by atoms with van der Waals surface area (Å²) in [6, 6.07) is 33.3. The summed E-state index contributed by atoms with van der Waals surface area (Å²) in [6.07, 6.45) is 3.34. The Morgan fingerprint density at radius 2 is 1.68 bits per heavy atom. The fourth-order valence-corrected chi connectivity index (χ4v) is 4.42. The standard InChI is InChI=1S/C33H25N5O2/c1-22-9-15-30-28(18-22)32(24-6-3-2-4-7-24)37-33(36-30)25-11-13-27(14-12-25)40-21-31(39)38-35-20-23-10-16-29-26(19-23)8-5-17-34-29/h2-20H,21H2,1H3,(H,38,39)/b35-20-. The lowest BCUT2D eigenvalue weighted by Crippen LogP contribution is -2.24. The second-order valence-electron chi connectivity index (χ2n) is 9.34. The molecule has 2 aromatic heterocycles. The van der Waals surface area contributed by atoms with Gasteiger partial charge >= 0.3 is 0 Å². The van der Waals surface area contributed by atoms with Gasteiger partial charge in [-0.25, -0.2) is 15.4 Å². The zero-order valence-electron chi connectivity index (χ0n) is 21.8. The highest BCUT2D eigenvalue weighted by Crippen LogP contribution is 2.30. The number of benzene rings is 4. The number of carbonyl (C=O) groups is 1. The van der Waals surface area contributed by atoms with E-state index in [0.29, 0.717) is 11.6 Å². The summed E-state index contributed by atoms with van der Waals surface area (Å²) in [6.45, 7) is 1.90. The first-order valence-electron chi connectivity index (χ1n) is 12.9. The number of amides is 1. The molecule has 0 atom stereocenters. The number of aryl methyl sites for hydroxylation is 1. The van der Waals surface area contributed by atoms with Gasteiger partial charge in [0.05, 0.1) is 22.9 Å². The highest BCUT2D eigenvalue weighted by molar-refractivity contribution is 5.94. The molecule has 1 amide bonds. The summed E-state index contributed by atoms with van der Waals surface area (Å²) in [4.78, 5) is 26.3. The Morgan fingerprint density at radius 1 is 0.850 bits per heavy atom. The van der Waals surface area contributed by atoms with Crippen LogP contribution in [0.15, 0.2) is 114 Å². The van der Waals surface area contributed by atoms with Gasteiger partial charge in [0.25, 0.3) is 5.91 Å². The molecule has 4 aromatic carbocycles. The zero-order chi connectivity index (χ0) is 27.3. The molecule has 0 aliphatic rings. The largest absolute Gasteiger partial charge is 0.484 e. The number of aromatic nitrogens is 3. The maximum absolute atomic E-state index is 12.2. The maximum Gasteiger partial charge on any atom is 0.277 e. The summed E-state index contributed by atoms with van der Waals surface area (Å²) in [7, 11) is 0. The maximum atomic E-state index is 12.2. The number of hydrogen-bond donors (Lipinski definition) is 1. The van der Waals surface area contributed by atoms with Gasteiger partial charge in [0.1, 0.15) is 5.75 Å². The number of pyridine rings is 1. The van der Waals surface area contributed by atoms with Crippen molar-refractivity contribution in [3.63, 3.8) is 0 Å². The molecule has 40 heavy (non-hydrogen) atoms. The zero-order valence-corrected chi connectivity index (χ0v) is 21.8. The van der Waals surface area contributed by atoms with Crippen LogP contribution in [0.2, 0.25) is 0 Å². The molecule has 194 valence electrons. The molecule has 0 saturated carbocycles. The number of hydrazone groups is 1. The van der Waals surface area contributed by atoms with Gasteiger partial charge in [-0.3, -0.25) is 9.78 Å². The Kier molecular flexibility index (Phi) is 6.92. The van der Waals surface area contributed by atoms with Gasteiger partial charge in [0, 0.05) is 28.1 Å². The van der Waals surface area contributed by atoms with E-state index >= 15 is 0 Å². The van der Waals surface area contributed by atoms with Crippen LogP contribution in [0.4, 0.5) is 0 Å². The van der Waals surface area contributed by atoms with E-state index in [1.807, 2.05) is 66.7 Å². The van der Waals surface area contributed by atoms with Crippen molar-refractivity contribution in [2.45, 2.75) is 6.92 Å². The van der Waals surface area contributed by atoms with Crippen molar-refractivity contribution in [2.75, 3.05) is 6.61 Å². The van der Waals surface area contributed by atoms with Gasteiger partial charge in [0.15, 0.2) is 12.4 Å². The average Bonchev–Trinajstić information content (AvgIpc) is 3.00. The second-order valence-corrected chi connectivity index (χ2v) is 9.34. The molecule has 1 N–H and O–H groups in total. The highest BCUT2D eigenvalue weighted by atomic mass is 16.5. The predicted octanol–water partition coefficient (Wildman–Crippen LogP) is 6.35. The third-order valence-corrected chi connectivity index (χ3v) is 6.41. The first kappa shape index (κ1) is 24.9. The van der Waals surface area contributed by atoms with Gasteiger partial charge in [-0.05, 0) is 67.1 Å². The van der Waals surface area contributed by atoms with Gasteiger partial charge in [0.2, 0.25) is 0 Å². The smallest absolute Gasteiger partial charge is 0.277 e. The fourth-order valence-electron chi connectivity index (χ4n) is 4.42. The van der Waals surface area contributed by atoms with E-state index in [1.54, 1.807) is 24.5 Å². The Morgan fingerprint density at radius 3 is 2.52 bits per heavy atom. The third kappa shape index (κ3) is 5.54. The quantitative estimate of drug-likeness (QED) is 0.195. The van der Waals surface area contributed by atoms with E-state index in [2.05, 4.69) is 46.7 Å². The van der Waals surface area contributed by atoms with Crippen molar-refractivity contribution in [2.24, 2.45) is 5.10 Å². The van der Waals surface area contributed by atoms with Gasteiger partial charge in [-0.1, -0.05) is 54.1 Å². The van der Waals surface area contributed by atoms with Crippen LogP contribution in [-0.2, 0) is 4.79 Å². The Labute approximate surface area is 231 Å². The number of fused-ring (bicyclic) bond motifs is 2. The Balaban J connectivity index is 1.12. The van der Waals surface area contributed by atoms with Crippen LogP contribution in [0, 0.1) is 6.92 Å². The minimum atomic E-state index is -0.358. The molecule has 0 fully saturated rings. The lowest BCUT2D eigenvalue weighted by atomic mass is 10.0. The van der Waals surface area contributed by atoms with E-state index in [1.165, 1.54) is 0 Å². The first-order chi connectivity index (χ1) is 19.6. The Bertz CT molecular complexity index is 1850. The third-order valence-electron chi connectivity index (χ3n) is 6.41. The van der Waals surface area contributed by atoms with Crippen molar-refractivity contribution in [1.29, 1.82) is 0 Å². The van der Waals surface area contributed by atoms with Crippen molar-refractivity contribution >= 4 is 33.9 Å². The van der Waals surface area contributed by atoms with Crippen LogP contribution < -0.4 is 10.2 Å². The molecule has 7 nitrogen and oxygen atoms in total. The number of hydrogen-bond acceptors (Lipinski definition) is 6. The van der Waals surface area contributed by atoms with Crippen LogP contribution in [-0.4, -0.2) is 33.7 Å². The van der Waals surface area contributed by atoms with E-state index in [4.69, 9.17) is 14.7 Å². The van der Waals surface area contributed by atoms with E-state index in [-0.39, 0.29) is 12.5 Å². The SMILES string of the molecule is Cc1ccc2nc(-c3ccc(OCC(=O)N/N=C\c4ccc5ncccc5c4)cc3)nc(-c3ccccc3)c2c1. The monoisotopic (exact) mass is 523 g/mol. The van der Waals surface area contributed by atoms with Crippen LogP contribution in [0.3, 0.4) is 0 Å². The first-order valence-corrected chi connectivity index (χ1v) is 12.9. The molecule has 6 aromatic rings. The van der Waals surface area contributed by atoms with Crippen molar-refractivity contribution in [3.8, 4) is 28.4 Å². The molecular weight excluding hydrogens is 498 g/mol. The van der Waals surface area contributed by atoms with Gasteiger partial charge in [-0.15, -0.1) is 0 Å². The number of carbonyl (C=O) groups excluding carboxylic acids is 1. The van der Waals surface area contributed by atoms with Crippen LogP contribution in [0.5, 0.6) is 5.75 Å². The minimum Gasteiger partial charge on any atom is -0.484 e.